The molecule has 0 saturated heterocycles. The summed E-state index contributed by atoms with van der Waals surface area (Å²) in [5.41, 5.74) is 0. The van der Waals surface area contributed by atoms with Crippen molar-refractivity contribution in [2.45, 2.75) is 39.2 Å². The van der Waals surface area contributed by atoms with Gasteiger partial charge in [0.15, 0.2) is 0 Å². The zero-order valence-electron chi connectivity index (χ0n) is 11.2. The third-order valence-electron chi connectivity index (χ3n) is 3.15. The molecular formula is C13H18N4S2. The number of nitrogens with zero attached hydrogens (tertiary/aromatic N) is 3. The minimum absolute atomic E-state index is 0.319. The summed E-state index contributed by atoms with van der Waals surface area (Å²) in [6, 6.07) is 0.319. The molecule has 6 heteroatoms. The monoisotopic (exact) mass is 294 g/mol. The Labute approximate surface area is 121 Å². The van der Waals surface area contributed by atoms with Crippen molar-refractivity contribution in [3.8, 4) is 0 Å². The minimum Gasteiger partial charge on any atom is -0.351 e. The van der Waals surface area contributed by atoms with E-state index in [-0.39, 0.29) is 0 Å². The highest BCUT2D eigenvalue weighted by Gasteiger charge is 2.34. The van der Waals surface area contributed by atoms with Crippen LogP contribution in [-0.2, 0) is 6.42 Å². The summed E-state index contributed by atoms with van der Waals surface area (Å²) in [7, 11) is 0. The van der Waals surface area contributed by atoms with E-state index in [0.717, 1.165) is 17.4 Å². The predicted octanol–water partition coefficient (Wildman–Crippen LogP) is 3.76. The lowest BCUT2D eigenvalue weighted by molar-refractivity contribution is 0.626. The summed E-state index contributed by atoms with van der Waals surface area (Å²) in [6.07, 6.45) is 5.40. The second-order valence-corrected chi connectivity index (χ2v) is 7.12. The van der Waals surface area contributed by atoms with Gasteiger partial charge < -0.3 is 5.32 Å². The highest BCUT2D eigenvalue weighted by atomic mass is 32.1. The normalized spacial score (nSPS) is 16.8. The second kappa shape index (κ2) is 5.54. The zero-order chi connectivity index (χ0) is 13.2. The van der Waals surface area contributed by atoms with Gasteiger partial charge in [-0.15, -0.1) is 11.3 Å². The Morgan fingerprint density at radius 2 is 2.26 bits per heavy atom. The minimum atomic E-state index is 0.319. The number of hydrogen-bond acceptors (Lipinski definition) is 6. The highest BCUT2D eigenvalue weighted by molar-refractivity contribution is 7.10. The fraction of sp³-hybridized carbons (Fsp3) is 0.615. The summed E-state index contributed by atoms with van der Waals surface area (Å²) in [4.78, 5) is 9.03. The molecule has 0 bridgehead atoms. The van der Waals surface area contributed by atoms with E-state index >= 15 is 0 Å². The highest BCUT2D eigenvalue weighted by Crippen LogP contribution is 2.43. The molecule has 102 valence electrons. The van der Waals surface area contributed by atoms with Gasteiger partial charge in [0, 0.05) is 29.5 Å². The van der Waals surface area contributed by atoms with Gasteiger partial charge in [-0.3, -0.25) is 0 Å². The van der Waals surface area contributed by atoms with Crippen LogP contribution < -0.4 is 5.32 Å². The summed E-state index contributed by atoms with van der Waals surface area (Å²) in [5, 5.41) is 7.67. The van der Waals surface area contributed by atoms with Crippen molar-refractivity contribution < 1.29 is 0 Å². The maximum atomic E-state index is 4.58. The number of rotatable bonds is 6. The first-order valence-corrected chi connectivity index (χ1v) is 8.36. The first kappa shape index (κ1) is 13.0. The Bertz CT molecular complexity index is 516. The molecule has 1 fully saturated rings. The van der Waals surface area contributed by atoms with Gasteiger partial charge >= 0.3 is 0 Å². The van der Waals surface area contributed by atoms with E-state index in [2.05, 4.69) is 33.5 Å². The van der Waals surface area contributed by atoms with Gasteiger partial charge in [-0.05, 0) is 24.7 Å². The molecule has 1 aliphatic carbocycles. The van der Waals surface area contributed by atoms with Crippen LogP contribution in [0, 0.1) is 11.8 Å². The van der Waals surface area contributed by atoms with Crippen molar-refractivity contribution in [2.24, 2.45) is 11.8 Å². The lowest BCUT2D eigenvalue weighted by atomic mass is 10.1. The zero-order valence-corrected chi connectivity index (χ0v) is 12.8. The smallest absolute Gasteiger partial charge is 0.203 e. The molecule has 4 nitrogen and oxygen atoms in total. The van der Waals surface area contributed by atoms with Crippen molar-refractivity contribution in [3.63, 3.8) is 0 Å². The van der Waals surface area contributed by atoms with Gasteiger partial charge in [0.05, 0.1) is 6.04 Å². The first-order valence-electron chi connectivity index (χ1n) is 6.71. The molecule has 1 aliphatic rings. The van der Waals surface area contributed by atoms with Crippen molar-refractivity contribution >= 4 is 28.0 Å². The lowest BCUT2D eigenvalue weighted by Crippen LogP contribution is -2.12. The fourth-order valence-electron chi connectivity index (χ4n) is 2.09. The molecule has 3 rings (SSSR count). The van der Waals surface area contributed by atoms with E-state index in [1.807, 2.05) is 11.6 Å². The number of anilines is 1. The van der Waals surface area contributed by atoms with Crippen molar-refractivity contribution in [1.29, 1.82) is 0 Å². The van der Waals surface area contributed by atoms with E-state index < -0.39 is 0 Å². The lowest BCUT2D eigenvalue weighted by Gasteiger charge is -2.14. The summed E-state index contributed by atoms with van der Waals surface area (Å²) in [6.45, 7) is 4.38. The molecule has 0 aromatic carbocycles. The SMILES string of the molecule is CC(C)Cc1nsc(NC(c2nccs2)C2CC2)n1. The maximum absolute atomic E-state index is 4.58. The molecule has 2 aromatic rings. The van der Waals surface area contributed by atoms with E-state index in [4.69, 9.17) is 0 Å². The molecule has 0 amide bonds. The Morgan fingerprint density at radius 1 is 1.42 bits per heavy atom. The molecule has 2 aromatic heterocycles. The summed E-state index contributed by atoms with van der Waals surface area (Å²) in [5.74, 6) is 2.26. The van der Waals surface area contributed by atoms with Crippen molar-refractivity contribution in [1.82, 2.24) is 14.3 Å². The Hall–Kier alpha value is -1.01. The molecule has 0 radical (unpaired) electrons. The number of nitrogens with one attached hydrogen (secondary N) is 1. The molecule has 0 spiro atoms. The van der Waals surface area contributed by atoms with Crippen LogP contribution in [0.25, 0.3) is 0 Å². The van der Waals surface area contributed by atoms with Gasteiger partial charge in [-0.1, -0.05) is 13.8 Å². The van der Waals surface area contributed by atoms with Gasteiger partial charge in [0.2, 0.25) is 5.13 Å². The Kier molecular flexibility index (Phi) is 3.79. The van der Waals surface area contributed by atoms with Crippen LogP contribution in [0.2, 0.25) is 0 Å². The van der Waals surface area contributed by atoms with Gasteiger partial charge in [-0.2, -0.15) is 4.37 Å². The summed E-state index contributed by atoms with van der Waals surface area (Å²) < 4.78 is 4.42. The molecule has 19 heavy (non-hydrogen) atoms. The van der Waals surface area contributed by atoms with E-state index in [0.29, 0.717) is 17.9 Å². The number of thiazole rings is 1. The van der Waals surface area contributed by atoms with Crippen LogP contribution in [0.15, 0.2) is 11.6 Å². The van der Waals surface area contributed by atoms with E-state index in [1.165, 1.54) is 29.4 Å². The standard InChI is InChI=1S/C13H18N4S2/c1-8(2)7-10-15-13(19-17-10)16-11(9-3-4-9)12-14-5-6-18-12/h5-6,8-9,11H,3-4,7H2,1-2H3,(H,15,16,17). The second-order valence-electron chi connectivity index (χ2n) is 5.44. The fourth-order valence-corrected chi connectivity index (χ4v) is 3.51. The van der Waals surface area contributed by atoms with Crippen LogP contribution in [-0.4, -0.2) is 14.3 Å². The first-order chi connectivity index (χ1) is 9.22. The van der Waals surface area contributed by atoms with Crippen LogP contribution in [0.4, 0.5) is 5.13 Å². The molecule has 1 unspecified atom stereocenters. The third kappa shape index (κ3) is 3.30. The molecule has 1 saturated carbocycles. The topological polar surface area (TPSA) is 50.7 Å². The van der Waals surface area contributed by atoms with Crippen molar-refractivity contribution in [3.05, 3.63) is 22.4 Å². The third-order valence-corrected chi connectivity index (χ3v) is 4.69. The van der Waals surface area contributed by atoms with Gasteiger partial charge in [0.25, 0.3) is 0 Å². The average Bonchev–Trinajstić information content (AvgIpc) is 2.88. The molecular weight excluding hydrogens is 276 g/mol. The molecule has 1 atom stereocenters. The quantitative estimate of drug-likeness (QED) is 0.881. The van der Waals surface area contributed by atoms with E-state index in [9.17, 15) is 0 Å². The largest absolute Gasteiger partial charge is 0.351 e. The van der Waals surface area contributed by atoms with E-state index in [1.54, 1.807) is 11.3 Å². The van der Waals surface area contributed by atoms with Gasteiger partial charge in [0.1, 0.15) is 10.8 Å². The van der Waals surface area contributed by atoms with Crippen LogP contribution in [0.3, 0.4) is 0 Å². The molecule has 0 aliphatic heterocycles. The molecule has 1 N–H and O–H groups in total. The van der Waals surface area contributed by atoms with Crippen LogP contribution in [0.1, 0.15) is 43.6 Å². The maximum Gasteiger partial charge on any atom is 0.203 e. The predicted molar refractivity (Wildman–Crippen MR) is 79.7 cm³/mol. The van der Waals surface area contributed by atoms with Crippen LogP contribution in [0.5, 0.6) is 0 Å². The number of hydrogen-bond donors (Lipinski definition) is 1. The van der Waals surface area contributed by atoms with Crippen molar-refractivity contribution in [2.75, 3.05) is 5.32 Å². The summed E-state index contributed by atoms with van der Waals surface area (Å²) >= 11 is 3.19. The Morgan fingerprint density at radius 3 is 2.89 bits per heavy atom. The number of aromatic nitrogens is 3. The van der Waals surface area contributed by atoms with Gasteiger partial charge in [-0.25, -0.2) is 9.97 Å². The molecule has 2 heterocycles. The Balaban J connectivity index is 1.70. The van der Waals surface area contributed by atoms with Crippen LogP contribution >= 0.6 is 22.9 Å². The average molecular weight is 294 g/mol.